The van der Waals surface area contributed by atoms with Gasteiger partial charge in [-0.2, -0.15) is 0 Å². The Morgan fingerprint density at radius 3 is 1.04 bits per heavy atom. The highest BCUT2D eigenvalue weighted by molar-refractivity contribution is 5.76. The largest absolute Gasteiger partial charge is 0.466 e. The molecule has 0 heterocycles. The van der Waals surface area contributed by atoms with E-state index in [1.807, 2.05) is 6.08 Å². The summed E-state index contributed by atoms with van der Waals surface area (Å²) in [6.07, 6.45) is 82.2. The molecular formula is C69H131NO5. The number of unbranched alkanes of at least 4 members (excludes halogenated alkanes) is 48. The van der Waals surface area contributed by atoms with Crippen LogP contribution in [0, 0.1) is 0 Å². The van der Waals surface area contributed by atoms with E-state index in [2.05, 4.69) is 43.5 Å². The Balaban J connectivity index is 3.33. The summed E-state index contributed by atoms with van der Waals surface area (Å²) in [6.45, 7) is 4.89. The van der Waals surface area contributed by atoms with Crippen LogP contribution in [0.1, 0.15) is 367 Å². The summed E-state index contributed by atoms with van der Waals surface area (Å²) in [6, 6.07) is -0.624. The highest BCUT2D eigenvalue weighted by Crippen LogP contribution is 2.18. The Morgan fingerprint density at radius 2 is 0.667 bits per heavy atom. The number of aliphatic hydroxyl groups is 2. The van der Waals surface area contributed by atoms with Crippen LogP contribution in [0.25, 0.3) is 0 Å². The minimum absolute atomic E-state index is 0.0115. The van der Waals surface area contributed by atoms with Crippen molar-refractivity contribution in [3.05, 3.63) is 36.5 Å². The first kappa shape index (κ1) is 73.1. The summed E-state index contributed by atoms with van der Waals surface area (Å²) >= 11 is 0. The zero-order chi connectivity index (χ0) is 54.3. The molecule has 75 heavy (non-hydrogen) atoms. The van der Waals surface area contributed by atoms with E-state index in [0.717, 1.165) is 51.4 Å². The Morgan fingerprint density at radius 1 is 0.373 bits per heavy atom. The van der Waals surface area contributed by atoms with Gasteiger partial charge in [0, 0.05) is 12.8 Å². The van der Waals surface area contributed by atoms with Gasteiger partial charge in [0.25, 0.3) is 0 Å². The second kappa shape index (κ2) is 64.6. The zero-order valence-corrected chi connectivity index (χ0v) is 50.5. The van der Waals surface area contributed by atoms with Crippen molar-refractivity contribution in [2.45, 2.75) is 379 Å². The standard InChI is InChI=1S/C69H131NO5/c1-3-5-7-9-11-13-15-17-18-32-36-39-43-47-51-55-59-63-69(74)75-64-60-56-52-48-44-40-37-34-31-29-27-25-23-21-19-20-22-24-26-28-30-33-35-38-42-46-50-54-58-62-68(73)70-66(65-71)67(72)61-57-53-49-45-41-16-14-12-10-8-6-4-2/h11,13,17-18,57,61,66-67,71-72H,3-10,12,14-16,19-56,58-60,62-65H2,1-2H3,(H,70,73)/b13-11-,18-17-,61-57+. The SMILES string of the molecule is CCCCC/C=C\C/C=C\CCCCCCCCCC(=O)OCCCCCCCCCCCCCCCCCCCCCCCCCCCCCCCC(=O)NC(CO)C(O)/C=C/CCCCCCCCCCCC. The lowest BCUT2D eigenvalue weighted by Gasteiger charge is -2.20. The molecule has 0 aliphatic carbocycles. The molecule has 0 spiro atoms. The van der Waals surface area contributed by atoms with Crippen LogP contribution in [0.2, 0.25) is 0 Å². The third-order valence-corrected chi connectivity index (χ3v) is 15.7. The van der Waals surface area contributed by atoms with Gasteiger partial charge in [0.05, 0.1) is 25.4 Å². The molecule has 0 aromatic heterocycles. The molecule has 0 fully saturated rings. The zero-order valence-electron chi connectivity index (χ0n) is 50.5. The van der Waals surface area contributed by atoms with Gasteiger partial charge in [0.2, 0.25) is 5.91 Å². The number of rotatable bonds is 63. The number of nitrogens with one attached hydrogen (secondary N) is 1. The minimum Gasteiger partial charge on any atom is -0.466 e. The average molecular weight is 1050 g/mol. The van der Waals surface area contributed by atoms with E-state index in [1.54, 1.807) is 6.08 Å². The molecule has 3 N–H and O–H groups in total. The lowest BCUT2D eigenvalue weighted by atomic mass is 10.0. The third kappa shape index (κ3) is 61.2. The van der Waals surface area contributed by atoms with Crippen LogP contribution in [0.4, 0.5) is 0 Å². The van der Waals surface area contributed by atoms with E-state index >= 15 is 0 Å². The summed E-state index contributed by atoms with van der Waals surface area (Å²) in [4.78, 5) is 24.5. The molecule has 0 saturated carbocycles. The van der Waals surface area contributed by atoms with Crippen molar-refractivity contribution in [3.8, 4) is 0 Å². The number of hydrogen-bond acceptors (Lipinski definition) is 5. The van der Waals surface area contributed by atoms with Gasteiger partial charge in [0.15, 0.2) is 0 Å². The fourth-order valence-corrected chi connectivity index (χ4v) is 10.5. The molecule has 0 bridgehead atoms. The fourth-order valence-electron chi connectivity index (χ4n) is 10.5. The van der Waals surface area contributed by atoms with Crippen LogP contribution in [-0.4, -0.2) is 47.4 Å². The van der Waals surface area contributed by atoms with Crippen molar-refractivity contribution >= 4 is 11.9 Å². The average Bonchev–Trinajstić information content (AvgIpc) is 3.41. The maximum atomic E-state index is 12.4. The van der Waals surface area contributed by atoms with Crippen LogP contribution in [0.15, 0.2) is 36.5 Å². The summed E-state index contributed by atoms with van der Waals surface area (Å²) < 4.78 is 5.50. The molecule has 2 unspecified atom stereocenters. The molecule has 0 aliphatic rings. The smallest absolute Gasteiger partial charge is 0.305 e. The van der Waals surface area contributed by atoms with Gasteiger partial charge in [-0.3, -0.25) is 9.59 Å². The normalized spacial score (nSPS) is 12.7. The molecule has 0 rings (SSSR count). The van der Waals surface area contributed by atoms with Gasteiger partial charge < -0.3 is 20.3 Å². The van der Waals surface area contributed by atoms with Crippen LogP contribution in [0.5, 0.6) is 0 Å². The maximum absolute atomic E-state index is 12.4. The third-order valence-electron chi connectivity index (χ3n) is 15.7. The number of carbonyl (C=O) groups excluding carboxylic acids is 2. The topological polar surface area (TPSA) is 95.9 Å². The molecule has 0 saturated heterocycles. The number of ether oxygens (including phenoxy) is 1. The highest BCUT2D eigenvalue weighted by Gasteiger charge is 2.18. The van der Waals surface area contributed by atoms with Crippen LogP contribution >= 0.6 is 0 Å². The van der Waals surface area contributed by atoms with Crippen molar-refractivity contribution in [3.63, 3.8) is 0 Å². The highest BCUT2D eigenvalue weighted by atomic mass is 16.5. The van der Waals surface area contributed by atoms with Crippen LogP contribution in [0.3, 0.4) is 0 Å². The lowest BCUT2D eigenvalue weighted by molar-refractivity contribution is -0.143. The number of amides is 1. The van der Waals surface area contributed by atoms with Gasteiger partial charge >= 0.3 is 5.97 Å². The predicted octanol–water partition coefficient (Wildman–Crippen LogP) is 21.5. The molecule has 6 heteroatoms. The van der Waals surface area contributed by atoms with E-state index in [4.69, 9.17) is 4.74 Å². The molecule has 442 valence electrons. The molecule has 0 aliphatic heterocycles. The first-order valence-electron chi connectivity index (χ1n) is 33.8. The lowest BCUT2D eigenvalue weighted by Crippen LogP contribution is -2.45. The van der Waals surface area contributed by atoms with Crippen molar-refractivity contribution < 1.29 is 24.5 Å². The van der Waals surface area contributed by atoms with Crippen molar-refractivity contribution in [2.75, 3.05) is 13.2 Å². The summed E-state index contributed by atoms with van der Waals surface area (Å²) in [5.74, 6) is -0.0525. The molecule has 1 amide bonds. The minimum atomic E-state index is -0.841. The number of carbonyl (C=O) groups is 2. The van der Waals surface area contributed by atoms with E-state index in [9.17, 15) is 19.8 Å². The number of hydrogen-bond donors (Lipinski definition) is 3. The second-order valence-corrected chi connectivity index (χ2v) is 23.2. The Bertz CT molecular complexity index is 1210. The van der Waals surface area contributed by atoms with Crippen LogP contribution < -0.4 is 5.32 Å². The number of allylic oxidation sites excluding steroid dienone is 5. The molecule has 0 aromatic carbocycles. The molecule has 2 atom stereocenters. The van der Waals surface area contributed by atoms with Gasteiger partial charge in [-0.25, -0.2) is 0 Å². The summed E-state index contributed by atoms with van der Waals surface area (Å²) in [5.41, 5.74) is 0. The van der Waals surface area contributed by atoms with Crippen molar-refractivity contribution in [1.82, 2.24) is 5.32 Å². The molecule has 0 radical (unpaired) electrons. The number of esters is 1. The first-order chi connectivity index (χ1) is 37.0. The van der Waals surface area contributed by atoms with Gasteiger partial charge in [0.1, 0.15) is 0 Å². The second-order valence-electron chi connectivity index (χ2n) is 23.2. The van der Waals surface area contributed by atoms with Gasteiger partial charge in [-0.1, -0.05) is 326 Å². The fraction of sp³-hybridized carbons (Fsp3) is 0.884. The van der Waals surface area contributed by atoms with E-state index in [1.165, 1.54) is 289 Å². The maximum Gasteiger partial charge on any atom is 0.305 e. The predicted molar refractivity (Wildman–Crippen MR) is 329 cm³/mol. The van der Waals surface area contributed by atoms with E-state index in [-0.39, 0.29) is 18.5 Å². The number of aliphatic hydroxyl groups excluding tert-OH is 2. The summed E-state index contributed by atoms with van der Waals surface area (Å²) in [7, 11) is 0. The van der Waals surface area contributed by atoms with Crippen LogP contribution in [-0.2, 0) is 14.3 Å². The Labute approximate surface area is 468 Å². The monoisotopic (exact) mass is 1050 g/mol. The Hall–Kier alpha value is -1.92. The van der Waals surface area contributed by atoms with Gasteiger partial charge in [-0.15, -0.1) is 0 Å². The first-order valence-corrected chi connectivity index (χ1v) is 33.8. The molecule has 6 nitrogen and oxygen atoms in total. The van der Waals surface area contributed by atoms with Crippen molar-refractivity contribution in [1.29, 1.82) is 0 Å². The van der Waals surface area contributed by atoms with Crippen molar-refractivity contribution in [2.24, 2.45) is 0 Å². The molecular weight excluding hydrogens is 923 g/mol. The summed E-state index contributed by atoms with van der Waals surface area (Å²) in [5, 5.41) is 23.1. The Kier molecular flexibility index (Phi) is 63.0. The molecule has 0 aromatic rings. The van der Waals surface area contributed by atoms with E-state index in [0.29, 0.717) is 19.4 Å². The van der Waals surface area contributed by atoms with Gasteiger partial charge in [-0.05, 0) is 64.2 Å². The quantitative estimate of drug-likeness (QED) is 0.0320. The van der Waals surface area contributed by atoms with E-state index < -0.39 is 12.1 Å².